The summed E-state index contributed by atoms with van der Waals surface area (Å²) in [5.41, 5.74) is 2.35. The van der Waals surface area contributed by atoms with Crippen LogP contribution in [0.25, 0.3) is 0 Å². The summed E-state index contributed by atoms with van der Waals surface area (Å²) in [6, 6.07) is 5.19. The summed E-state index contributed by atoms with van der Waals surface area (Å²) in [5.74, 6) is 0. The zero-order valence-corrected chi connectivity index (χ0v) is 13.1. The molecule has 1 atom stereocenters. The molecule has 0 saturated heterocycles. The number of nitrogens with one attached hydrogen (secondary N) is 1. The van der Waals surface area contributed by atoms with Gasteiger partial charge >= 0.3 is 0 Å². The lowest BCUT2D eigenvalue weighted by atomic mass is 10.2. The average Bonchev–Trinajstić information content (AvgIpc) is 2.42. The summed E-state index contributed by atoms with van der Waals surface area (Å²) in [6.45, 7) is 13.2. The third-order valence-electron chi connectivity index (χ3n) is 3.33. The first kappa shape index (κ1) is 16.0. The molecule has 19 heavy (non-hydrogen) atoms. The largest absolute Gasteiger partial charge is 0.368 e. The molecular formula is C16H29N3. The molecule has 0 aliphatic heterocycles. The molecule has 0 aromatic carbocycles. The van der Waals surface area contributed by atoms with Crippen LogP contribution in [0.5, 0.6) is 0 Å². The summed E-state index contributed by atoms with van der Waals surface area (Å²) in [4.78, 5) is 7.02. The van der Waals surface area contributed by atoms with Gasteiger partial charge in [0.15, 0.2) is 0 Å². The van der Waals surface area contributed by atoms with Crippen molar-refractivity contribution in [3.8, 4) is 0 Å². The minimum atomic E-state index is 0.327. The van der Waals surface area contributed by atoms with Crippen LogP contribution in [0.3, 0.4) is 0 Å². The first-order valence-electron chi connectivity index (χ1n) is 7.56. The van der Waals surface area contributed by atoms with Crippen LogP contribution in [0.1, 0.15) is 59.2 Å². The molecule has 0 aliphatic rings. The molecule has 1 aromatic rings. The van der Waals surface area contributed by atoms with Gasteiger partial charge in [-0.05, 0) is 52.3 Å². The van der Waals surface area contributed by atoms with E-state index < -0.39 is 0 Å². The maximum absolute atomic E-state index is 4.61. The molecule has 0 spiro atoms. The van der Waals surface area contributed by atoms with Gasteiger partial charge in [-0.1, -0.05) is 13.8 Å². The molecule has 0 saturated carbocycles. The van der Waals surface area contributed by atoms with Crippen LogP contribution in [0.2, 0.25) is 0 Å². The first-order valence-corrected chi connectivity index (χ1v) is 7.56. The van der Waals surface area contributed by atoms with E-state index in [0.717, 1.165) is 31.6 Å². The SMILES string of the molecule is CCCNC(C)c1ccc(N(CCC)C(C)C)cn1. The van der Waals surface area contributed by atoms with Crippen molar-refractivity contribution in [3.63, 3.8) is 0 Å². The van der Waals surface area contributed by atoms with Crippen LogP contribution in [-0.4, -0.2) is 24.1 Å². The normalized spacial score (nSPS) is 12.7. The van der Waals surface area contributed by atoms with Crippen LogP contribution in [-0.2, 0) is 0 Å². The van der Waals surface area contributed by atoms with Crippen molar-refractivity contribution in [3.05, 3.63) is 24.0 Å². The predicted molar refractivity (Wildman–Crippen MR) is 83.7 cm³/mol. The second-order valence-electron chi connectivity index (χ2n) is 5.40. The zero-order valence-electron chi connectivity index (χ0n) is 13.1. The molecule has 0 amide bonds. The summed E-state index contributed by atoms with van der Waals surface area (Å²) < 4.78 is 0. The van der Waals surface area contributed by atoms with Crippen molar-refractivity contribution < 1.29 is 0 Å². The standard InChI is InChI=1S/C16H29N3/c1-6-10-17-14(5)16-9-8-15(12-18-16)19(11-7-2)13(3)4/h8-9,12-14,17H,6-7,10-11H2,1-5H3. The number of anilines is 1. The van der Waals surface area contributed by atoms with Crippen molar-refractivity contribution in [2.24, 2.45) is 0 Å². The van der Waals surface area contributed by atoms with Crippen molar-refractivity contribution in [1.82, 2.24) is 10.3 Å². The van der Waals surface area contributed by atoms with Crippen LogP contribution in [0.4, 0.5) is 5.69 Å². The Kier molecular flexibility index (Phi) is 6.85. The Labute approximate surface area is 118 Å². The monoisotopic (exact) mass is 263 g/mol. The van der Waals surface area contributed by atoms with Gasteiger partial charge in [-0.3, -0.25) is 4.98 Å². The molecule has 3 heteroatoms. The van der Waals surface area contributed by atoms with Gasteiger partial charge in [0.2, 0.25) is 0 Å². The molecule has 1 rings (SSSR count). The lowest BCUT2D eigenvalue weighted by Gasteiger charge is -2.28. The van der Waals surface area contributed by atoms with E-state index in [1.54, 1.807) is 0 Å². The van der Waals surface area contributed by atoms with E-state index in [1.807, 2.05) is 6.20 Å². The highest BCUT2D eigenvalue weighted by Gasteiger charge is 2.11. The predicted octanol–water partition coefficient (Wildman–Crippen LogP) is 3.77. The van der Waals surface area contributed by atoms with Crippen LogP contribution in [0.15, 0.2) is 18.3 Å². The van der Waals surface area contributed by atoms with Gasteiger partial charge in [0.1, 0.15) is 0 Å². The van der Waals surface area contributed by atoms with Gasteiger partial charge in [0.05, 0.1) is 17.6 Å². The first-order chi connectivity index (χ1) is 9.10. The Balaban J connectivity index is 2.73. The van der Waals surface area contributed by atoms with Gasteiger partial charge in [-0.25, -0.2) is 0 Å². The third kappa shape index (κ3) is 4.83. The molecule has 1 N–H and O–H groups in total. The zero-order chi connectivity index (χ0) is 14.3. The number of hydrogen-bond acceptors (Lipinski definition) is 3. The van der Waals surface area contributed by atoms with Crippen molar-refractivity contribution >= 4 is 5.69 Å². The van der Waals surface area contributed by atoms with E-state index >= 15 is 0 Å². The highest BCUT2D eigenvalue weighted by Crippen LogP contribution is 2.19. The number of hydrogen-bond donors (Lipinski definition) is 1. The number of nitrogens with zero attached hydrogens (tertiary/aromatic N) is 2. The molecule has 3 nitrogen and oxygen atoms in total. The molecule has 1 unspecified atom stereocenters. The van der Waals surface area contributed by atoms with E-state index in [9.17, 15) is 0 Å². The smallest absolute Gasteiger partial charge is 0.0572 e. The highest BCUT2D eigenvalue weighted by molar-refractivity contribution is 5.45. The maximum atomic E-state index is 4.61. The summed E-state index contributed by atoms with van der Waals surface area (Å²) in [5, 5.41) is 3.47. The molecule has 1 aromatic heterocycles. The Morgan fingerprint density at radius 1 is 1.16 bits per heavy atom. The molecule has 0 radical (unpaired) electrons. The Morgan fingerprint density at radius 3 is 2.37 bits per heavy atom. The highest BCUT2D eigenvalue weighted by atomic mass is 15.2. The van der Waals surface area contributed by atoms with E-state index in [-0.39, 0.29) is 0 Å². The van der Waals surface area contributed by atoms with Crippen molar-refractivity contribution in [2.45, 2.75) is 59.5 Å². The molecule has 108 valence electrons. The molecule has 0 aliphatic carbocycles. The van der Waals surface area contributed by atoms with E-state index in [2.05, 4.69) is 62.0 Å². The average molecular weight is 263 g/mol. The van der Waals surface area contributed by atoms with Crippen LogP contribution >= 0.6 is 0 Å². The van der Waals surface area contributed by atoms with Gasteiger partial charge < -0.3 is 10.2 Å². The fourth-order valence-corrected chi connectivity index (χ4v) is 2.22. The summed E-state index contributed by atoms with van der Waals surface area (Å²) in [7, 11) is 0. The van der Waals surface area contributed by atoms with Crippen LogP contribution in [0, 0.1) is 0 Å². The van der Waals surface area contributed by atoms with E-state index in [4.69, 9.17) is 0 Å². The van der Waals surface area contributed by atoms with Crippen molar-refractivity contribution in [1.29, 1.82) is 0 Å². The van der Waals surface area contributed by atoms with E-state index in [1.165, 1.54) is 5.69 Å². The second-order valence-corrected chi connectivity index (χ2v) is 5.40. The Morgan fingerprint density at radius 2 is 1.89 bits per heavy atom. The third-order valence-corrected chi connectivity index (χ3v) is 3.33. The number of pyridine rings is 1. The van der Waals surface area contributed by atoms with E-state index in [0.29, 0.717) is 12.1 Å². The topological polar surface area (TPSA) is 28.2 Å². The minimum Gasteiger partial charge on any atom is -0.368 e. The molecular weight excluding hydrogens is 234 g/mol. The van der Waals surface area contributed by atoms with Gasteiger partial charge in [-0.15, -0.1) is 0 Å². The van der Waals surface area contributed by atoms with Gasteiger partial charge in [0, 0.05) is 18.6 Å². The summed E-state index contributed by atoms with van der Waals surface area (Å²) >= 11 is 0. The minimum absolute atomic E-state index is 0.327. The molecule has 1 heterocycles. The van der Waals surface area contributed by atoms with Crippen molar-refractivity contribution in [2.75, 3.05) is 18.0 Å². The maximum Gasteiger partial charge on any atom is 0.0572 e. The lowest BCUT2D eigenvalue weighted by Crippen LogP contribution is -2.31. The summed E-state index contributed by atoms with van der Waals surface area (Å²) in [6.07, 6.45) is 4.32. The molecule has 0 bridgehead atoms. The van der Waals surface area contributed by atoms with Crippen LogP contribution < -0.4 is 10.2 Å². The number of aromatic nitrogens is 1. The Bertz CT molecular complexity index is 346. The van der Waals surface area contributed by atoms with Gasteiger partial charge in [0.25, 0.3) is 0 Å². The van der Waals surface area contributed by atoms with Gasteiger partial charge in [-0.2, -0.15) is 0 Å². The number of rotatable bonds is 8. The lowest BCUT2D eigenvalue weighted by molar-refractivity contribution is 0.558. The Hall–Kier alpha value is -1.09. The second kappa shape index (κ2) is 8.16. The quantitative estimate of drug-likeness (QED) is 0.774. The fourth-order valence-electron chi connectivity index (χ4n) is 2.22. The fraction of sp³-hybridized carbons (Fsp3) is 0.688. The molecule has 0 fully saturated rings.